The van der Waals surface area contributed by atoms with Crippen molar-refractivity contribution >= 4 is 5.97 Å². The topological polar surface area (TPSA) is 85.3 Å². The van der Waals surface area contributed by atoms with E-state index in [0.717, 1.165) is 0 Å². The molecular formula is C11H10N2O4. The molecule has 6 nitrogen and oxygen atoms in total. The number of pyridine rings is 1. The van der Waals surface area contributed by atoms with E-state index in [4.69, 9.17) is 9.63 Å². The highest BCUT2D eigenvalue weighted by molar-refractivity contribution is 5.86. The molecule has 0 aromatic carbocycles. The fourth-order valence-corrected chi connectivity index (χ4v) is 1.49. The smallest absolute Gasteiger partial charge is 0.341 e. The van der Waals surface area contributed by atoms with Crippen molar-refractivity contribution in [1.82, 2.24) is 9.72 Å². The van der Waals surface area contributed by atoms with Crippen LogP contribution >= 0.6 is 0 Å². The molecule has 0 saturated heterocycles. The molecule has 17 heavy (non-hydrogen) atoms. The number of carboxylic acid groups (broad SMARTS) is 1. The molecular weight excluding hydrogens is 224 g/mol. The Morgan fingerprint density at radius 2 is 2.35 bits per heavy atom. The molecule has 0 aliphatic heterocycles. The van der Waals surface area contributed by atoms with Gasteiger partial charge < -0.3 is 14.2 Å². The number of carbonyl (C=O) groups is 1. The molecule has 6 heteroatoms. The van der Waals surface area contributed by atoms with E-state index in [9.17, 15) is 9.59 Å². The van der Waals surface area contributed by atoms with E-state index in [1.807, 2.05) is 0 Å². The molecule has 88 valence electrons. The number of hydrogen-bond acceptors (Lipinski definition) is 4. The van der Waals surface area contributed by atoms with Gasteiger partial charge in [0.25, 0.3) is 5.56 Å². The SMILES string of the molecule is Cc1cc(Cn2cccc(C(=O)O)c2=O)no1. The van der Waals surface area contributed by atoms with Gasteiger partial charge in [-0.2, -0.15) is 0 Å². The van der Waals surface area contributed by atoms with E-state index in [1.165, 1.54) is 22.9 Å². The van der Waals surface area contributed by atoms with Crippen molar-refractivity contribution in [3.05, 3.63) is 51.8 Å². The van der Waals surface area contributed by atoms with Crippen LogP contribution in [0, 0.1) is 6.92 Å². The molecule has 0 unspecified atom stereocenters. The van der Waals surface area contributed by atoms with Crippen LogP contribution in [0.4, 0.5) is 0 Å². The minimum Gasteiger partial charge on any atom is -0.477 e. The second-order valence-corrected chi connectivity index (χ2v) is 3.59. The molecule has 2 heterocycles. The average Bonchev–Trinajstić information content (AvgIpc) is 2.67. The van der Waals surface area contributed by atoms with Crippen LogP contribution in [-0.4, -0.2) is 20.8 Å². The lowest BCUT2D eigenvalue weighted by molar-refractivity contribution is 0.0694. The number of rotatable bonds is 3. The van der Waals surface area contributed by atoms with Crippen LogP contribution in [0.1, 0.15) is 21.8 Å². The Balaban J connectivity index is 2.37. The zero-order chi connectivity index (χ0) is 12.4. The second kappa shape index (κ2) is 4.25. The van der Waals surface area contributed by atoms with Crippen LogP contribution in [0.2, 0.25) is 0 Å². The summed E-state index contributed by atoms with van der Waals surface area (Å²) in [7, 11) is 0. The third kappa shape index (κ3) is 2.25. The van der Waals surface area contributed by atoms with Crippen molar-refractivity contribution < 1.29 is 14.4 Å². The first-order valence-corrected chi connectivity index (χ1v) is 4.93. The van der Waals surface area contributed by atoms with Gasteiger partial charge in [-0.1, -0.05) is 5.16 Å². The molecule has 2 aromatic rings. The first kappa shape index (κ1) is 11.1. The third-order valence-corrected chi connectivity index (χ3v) is 2.26. The fourth-order valence-electron chi connectivity index (χ4n) is 1.49. The van der Waals surface area contributed by atoms with Gasteiger partial charge in [-0.05, 0) is 19.1 Å². The number of aromatic nitrogens is 2. The highest BCUT2D eigenvalue weighted by Gasteiger charge is 2.11. The second-order valence-electron chi connectivity index (χ2n) is 3.59. The van der Waals surface area contributed by atoms with E-state index in [-0.39, 0.29) is 12.1 Å². The monoisotopic (exact) mass is 234 g/mol. The standard InChI is InChI=1S/C11H10N2O4/c1-7-5-8(12-17-7)6-13-4-2-3-9(10(13)14)11(15)16/h2-5H,6H2,1H3,(H,15,16). The Labute approximate surface area is 96.1 Å². The van der Waals surface area contributed by atoms with Crippen molar-refractivity contribution in [2.75, 3.05) is 0 Å². The summed E-state index contributed by atoms with van der Waals surface area (Å²) < 4.78 is 6.15. The maximum Gasteiger partial charge on any atom is 0.341 e. The minimum absolute atomic E-state index is 0.192. The van der Waals surface area contributed by atoms with Crippen LogP contribution in [0.25, 0.3) is 0 Å². The summed E-state index contributed by atoms with van der Waals surface area (Å²) in [6, 6.07) is 4.48. The molecule has 2 rings (SSSR count). The Kier molecular flexibility index (Phi) is 2.78. The molecule has 0 bridgehead atoms. The van der Waals surface area contributed by atoms with Crippen molar-refractivity contribution in [1.29, 1.82) is 0 Å². The Hall–Kier alpha value is -2.37. The molecule has 0 radical (unpaired) electrons. The quantitative estimate of drug-likeness (QED) is 0.852. The summed E-state index contributed by atoms with van der Waals surface area (Å²) in [6.45, 7) is 1.93. The van der Waals surface area contributed by atoms with Crippen LogP contribution in [0.5, 0.6) is 0 Å². The minimum atomic E-state index is -1.24. The lowest BCUT2D eigenvalue weighted by atomic mass is 10.2. The third-order valence-electron chi connectivity index (χ3n) is 2.26. The Morgan fingerprint density at radius 1 is 1.59 bits per heavy atom. The molecule has 0 fully saturated rings. The number of nitrogens with zero attached hydrogens (tertiary/aromatic N) is 2. The number of hydrogen-bond donors (Lipinski definition) is 1. The van der Waals surface area contributed by atoms with Crippen LogP contribution in [-0.2, 0) is 6.54 Å². The van der Waals surface area contributed by atoms with Crippen molar-refractivity contribution in [2.45, 2.75) is 13.5 Å². The maximum absolute atomic E-state index is 11.7. The molecule has 0 aliphatic rings. The van der Waals surface area contributed by atoms with Crippen molar-refractivity contribution in [3.8, 4) is 0 Å². The molecule has 0 aliphatic carbocycles. The molecule has 2 aromatic heterocycles. The fraction of sp³-hybridized carbons (Fsp3) is 0.182. The molecule has 0 amide bonds. The van der Waals surface area contributed by atoms with Crippen molar-refractivity contribution in [3.63, 3.8) is 0 Å². The van der Waals surface area contributed by atoms with Gasteiger partial charge >= 0.3 is 5.97 Å². The Morgan fingerprint density at radius 3 is 2.94 bits per heavy atom. The molecule has 1 N–H and O–H groups in total. The largest absolute Gasteiger partial charge is 0.477 e. The van der Waals surface area contributed by atoms with Crippen LogP contribution < -0.4 is 5.56 Å². The number of aryl methyl sites for hydroxylation is 1. The highest BCUT2D eigenvalue weighted by atomic mass is 16.5. The van der Waals surface area contributed by atoms with Crippen molar-refractivity contribution in [2.24, 2.45) is 0 Å². The van der Waals surface area contributed by atoms with E-state index in [0.29, 0.717) is 11.5 Å². The normalized spacial score (nSPS) is 10.4. The predicted molar refractivity (Wildman–Crippen MR) is 58.0 cm³/mol. The van der Waals surface area contributed by atoms with Gasteiger partial charge in [0.2, 0.25) is 0 Å². The van der Waals surface area contributed by atoms with E-state index >= 15 is 0 Å². The maximum atomic E-state index is 11.7. The highest BCUT2D eigenvalue weighted by Crippen LogP contribution is 2.03. The predicted octanol–water partition coefficient (Wildman–Crippen LogP) is 0.891. The zero-order valence-electron chi connectivity index (χ0n) is 9.08. The summed E-state index contributed by atoms with van der Waals surface area (Å²) in [4.78, 5) is 22.5. The van der Waals surface area contributed by atoms with Gasteiger partial charge in [0, 0.05) is 12.3 Å². The Bertz CT molecular complexity index is 612. The summed E-state index contributed by atoms with van der Waals surface area (Å²) in [6.07, 6.45) is 1.51. The summed E-state index contributed by atoms with van der Waals surface area (Å²) in [5, 5.41) is 12.6. The van der Waals surface area contributed by atoms with Gasteiger partial charge in [-0.3, -0.25) is 4.79 Å². The summed E-state index contributed by atoms with van der Waals surface area (Å²) >= 11 is 0. The van der Waals surface area contributed by atoms with Gasteiger partial charge in [0.1, 0.15) is 17.0 Å². The molecule has 0 spiro atoms. The van der Waals surface area contributed by atoms with E-state index in [1.54, 1.807) is 13.0 Å². The van der Waals surface area contributed by atoms with Gasteiger partial charge in [0.05, 0.1) is 6.54 Å². The zero-order valence-corrected chi connectivity index (χ0v) is 9.08. The summed E-state index contributed by atoms with van der Waals surface area (Å²) in [5.74, 6) is -0.594. The first-order valence-electron chi connectivity index (χ1n) is 4.93. The van der Waals surface area contributed by atoms with Gasteiger partial charge in [-0.15, -0.1) is 0 Å². The van der Waals surface area contributed by atoms with Gasteiger partial charge in [-0.25, -0.2) is 4.79 Å². The number of aromatic carboxylic acids is 1. The first-order chi connectivity index (χ1) is 8.08. The van der Waals surface area contributed by atoms with Gasteiger partial charge in [0.15, 0.2) is 0 Å². The van der Waals surface area contributed by atoms with Crippen LogP contribution in [0.3, 0.4) is 0 Å². The average molecular weight is 234 g/mol. The van der Waals surface area contributed by atoms with Crippen LogP contribution in [0.15, 0.2) is 33.7 Å². The molecule has 0 saturated carbocycles. The molecule has 0 atom stereocenters. The lowest BCUT2D eigenvalue weighted by Crippen LogP contribution is -2.26. The number of carboxylic acids is 1. The lowest BCUT2D eigenvalue weighted by Gasteiger charge is -2.03. The summed E-state index contributed by atoms with van der Waals surface area (Å²) in [5.41, 5.74) is -0.236. The van der Waals surface area contributed by atoms with E-state index < -0.39 is 11.5 Å². The van der Waals surface area contributed by atoms with E-state index in [2.05, 4.69) is 5.16 Å².